The first-order valence-electron chi connectivity index (χ1n) is 8.00. The third-order valence-corrected chi connectivity index (χ3v) is 3.73. The third kappa shape index (κ3) is 5.99. The van der Waals surface area contributed by atoms with Crippen LogP contribution >= 0.6 is 0 Å². The molecule has 2 aromatic rings. The first-order chi connectivity index (χ1) is 12.0. The molecule has 0 saturated carbocycles. The summed E-state index contributed by atoms with van der Waals surface area (Å²) in [6, 6.07) is 11.7. The number of nitrogens with one attached hydrogen (secondary N) is 1. The summed E-state index contributed by atoms with van der Waals surface area (Å²) in [5, 5.41) is 2.77. The Hall–Kier alpha value is -2.76. The number of carbonyl (C=O) groups is 2. The minimum absolute atomic E-state index is 0.139. The van der Waals surface area contributed by atoms with Gasteiger partial charge in [0.05, 0.1) is 0 Å². The van der Waals surface area contributed by atoms with E-state index in [9.17, 15) is 18.4 Å². The summed E-state index contributed by atoms with van der Waals surface area (Å²) in [5.74, 6) is -1.08. The zero-order chi connectivity index (χ0) is 18.2. The molecule has 0 unspecified atom stereocenters. The second-order valence-electron chi connectivity index (χ2n) is 5.62. The van der Waals surface area contributed by atoms with Gasteiger partial charge in [-0.3, -0.25) is 9.59 Å². The van der Waals surface area contributed by atoms with Crippen LogP contribution in [0.5, 0.6) is 0 Å². The van der Waals surface area contributed by atoms with Gasteiger partial charge in [-0.15, -0.1) is 0 Å². The molecule has 4 nitrogen and oxygen atoms in total. The zero-order valence-electron chi connectivity index (χ0n) is 14.0. The molecule has 6 heteroatoms. The van der Waals surface area contributed by atoms with Gasteiger partial charge in [-0.1, -0.05) is 12.1 Å². The van der Waals surface area contributed by atoms with E-state index in [2.05, 4.69) is 5.32 Å². The van der Waals surface area contributed by atoms with E-state index in [1.165, 1.54) is 48.2 Å². The lowest BCUT2D eigenvalue weighted by molar-refractivity contribution is -0.121. The van der Waals surface area contributed by atoms with Crippen LogP contribution < -0.4 is 10.2 Å². The van der Waals surface area contributed by atoms with Gasteiger partial charge in [0.15, 0.2) is 0 Å². The Morgan fingerprint density at radius 2 is 1.52 bits per heavy atom. The predicted octanol–water partition coefficient (Wildman–Crippen LogP) is 3.07. The van der Waals surface area contributed by atoms with E-state index < -0.39 is 0 Å². The minimum atomic E-state index is -0.384. The van der Waals surface area contributed by atoms with E-state index in [-0.39, 0.29) is 36.4 Å². The van der Waals surface area contributed by atoms with Gasteiger partial charge < -0.3 is 10.2 Å². The summed E-state index contributed by atoms with van der Waals surface area (Å²) in [7, 11) is 0. The molecule has 0 aliphatic heterocycles. The molecule has 0 fully saturated rings. The Kier molecular flexibility index (Phi) is 6.62. The Morgan fingerprint density at radius 3 is 2.08 bits per heavy atom. The molecule has 132 valence electrons. The molecule has 2 aromatic carbocycles. The van der Waals surface area contributed by atoms with E-state index >= 15 is 0 Å². The zero-order valence-corrected chi connectivity index (χ0v) is 14.0. The van der Waals surface area contributed by atoms with Crippen LogP contribution in [0.25, 0.3) is 0 Å². The molecule has 0 saturated heterocycles. The van der Waals surface area contributed by atoms with Crippen molar-refractivity contribution in [1.29, 1.82) is 0 Å². The number of benzene rings is 2. The Morgan fingerprint density at radius 1 is 0.960 bits per heavy atom. The number of anilines is 1. The molecule has 0 bridgehead atoms. The molecule has 0 aliphatic rings. The van der Waals surface area contributed by atoms with Gasteiger partial charge in [0.1, 0.15) is 11.6 Å². The first kappa shape index (κ1) is 18.6. The van der Waals surface area contributed by atoms with Crippen LogP contribution in [0.2, 0.25) is 0 Å². The fraction of sp³-hybridized carbons (Fsp3) is 0.263. The quantitative estimate of drug-likeness (QED) is 0.838. The summed E-state index contributed by atoms with van der Waals surface area (Å²) in [5.41, 5.74) is 1.48. The fourth-order valence-corrected chi connectivity index (χ4v) is 2.39. The van der Waals surface area contributed by atoms with Crippen LogP contribution in [-0.4, -0.2) is 24.9 Å². The fourth-order valence-electron chi connectivity index (χ4n) is 2.39. The number of rotatable bonds is 7. The maximum absolute atomic E-state index is 13.0. The highest BCUT2D eigenvalue weighted by Gasteiger charge is 2.13. The molecule has 0 aromatic heterocycles. The monoisotopic (exact) mass is 346 g/mol. The second-order valence-corrected chi connectivity index (χ2v) is 5.62. The van der Waals surface area contributed by atoms with E-state index in [4.69, 9.17) is 0 Å². The van der Waals surface area contributed by atoms with Gasteiger partial charge in [-0.25, -0.2) is 8.78 Å². The average Bonchev–Trinajstić information content (AvgIpc) is 2.58. The first-order valence-corrected chi connectivity index (χ1v) is 8.00. The van der Waals surface area contributed by atoms with E-state index in [1.54, 1.807) is 12.1 Å². The van der Waals surface area contributed by atoms with Crippen molar-refractivity contribution >= 4 is 17.5 Å². The lowest BCUT2D eigenvalue weighted by Crippen LogP contribution is -2.34. The molecule has 2 amide bonds. The highest BCUT2D eigenvalue weighted by Crippen LogP contribution is 2.15. The van der Waals surface area contributed by atoms with Gasteiger partial charge in [0.25, 0.3) is 0 Å². The number of hydrogen-bond donors (Lipinski definition) is 1. The summed E-state index contributed by atoms with van der Waals surface area (Å²) < 4.78 is 25.8. The van der Waals surface area contributed by atoms with Gasteiger partial charge >= 0.3 is 0 Å². The molecule has 0 spiro atoms. The number of nitrogens with zero attached hydrogens (tertiary/aromatic N) is 1. The highest BCUT2D eigenvalue weighted by atomic mass is 19.1. The molecule has 25 heavy (non-hydrogen) atoms. The van der Waals surface area contributed by atoms with Crippen molar-refractivity contribution in [2.45, 2.75) is 19.8 Å². The van der Waals surface area contributed by atoms with Crippen LogP contribution in [0.4, 0.5) is 14.5 Å². The van der Waals surface area contributed by atoms with E-state index in [0.717, 1.165) is 5.56 Å². The maximum Gasteiger partial charge on any atom is 0.223 e. The average molecular weight is 346 g/mol. The van der Waals surface area contributed by atoms with E-state index in [0.29, 0.717) is 18.7 Å². The van der Waals surface area contributed by atoms with Crippen LogP contribution in [0.15, 0.2) is 48.5 Å². The van der Waals surface area contributed by atoms with Crippen LogP contribution in [0.3, 0.4) is 0 Å². The smallest absolute Gasteiger partial charge is 0.223 e. The molecular weight excluding hydrogens is 326 g/mol. The Labute approximate surface area is 145 Å². The van der Waals surface area contributed by atoms with Crippen molar-refractivity contribution in [3.63, 3.8) is 0 Å². The van der Waals surface area contributed by atoms with Crippen molar-refractivity contribution in [3.05, 3.63) is 65.7 Å². The molecule has 0 aliphatic carbocycles. The maximum atomic E-state index is 13.0. The topological polar surface area (TPSA) is 49.4 Å². The predicted molar refractivity (Wildman–Crippen MR) is 92.2 cm³/mol. The number of halogens is 2. The summed E-state index contributed by atoms with van der Waals surface area (Å²) >= 11 is 0. The van der Waals surface area contributed by atoms with Crippen LogP contribution in [-0.2, 0) is 16.0 Å². The standard InChI is InChI=1S/C19H20F2N2O2/c1-14(24)23(18-8-6-17(21)7-9-18)13-11-19(25)22-12-10-15-2-4-16(20)5-3-15/h2-9H,10-13H2,1H3,(H,22,25). The van der Waals surface area contributed by atoms with Gasteiger partial charge in [-0.2, -0.15) is 0 Å². The van der Waals surface area contributed by atoms with Crippen molar-refractivity contribution in [1.82, 2.24) is 5.32 Å². The highest BCUT2D eigenvalue weighted by molar-refractivity contribution is 5.92. The van der Waals surface area contributed by atoms with Gasteiger partial charge in [-0.05, 0) is 48.4 Å². The largest absolute Gasteiger partial charge is 0.356 e. The number of hydrogen-bond acceptors (Lipinski definition) is 2. The molecular formula is C19H20F2N2O2. The normalized spacial score (nSPS) is 10.4. The van der Waals surface area contributed by atoms with Crippen molar-refractivity contribution in [2.75, 3.05) is 18.0 Å². The lowest BCUT2D eigenvalue weighted by atomic mass is 10.1. The van der Waals surface area contributed by atoms with Crippen molar-refractivity contribution in [2.24, 2.45) is 0 Å². The Balaban J connectivity index is 1.79. The number of amides is 2. The molecule has 2 rings (SSSR count). The third-order valence-electron chi connectivity index (χ3n) is 3.73. The molecule has 1 N–H and O–H groups in total. The molecule has 0 radical (unpaired) electrons. The van der Waals surface area contributed by atoms with Crippen LogP contribution in [0.1, 0.15) is 18.9 Å². The van der Waals surface area contributed by atoms with Crippen molar-refractivity contribution in [3.8, 4) is 0 Å². The minimum Gasteiger partial charge on any atom is -0.356 e. The van der Waals surface area contributed by atoms with Crippen LogP contribution in [0, 0.1) is 11.6 Å². The Bertz CT molecular complexity index is 715. The van der Waals surface area contributed by atoms with Gasteiger partial charge in [0.2, 0.25) is 11.8 Å². The summed E-state index contributed by atoms with van der Waals surface area (Å²) in [6.07, 6.45) is 0.737. The molecule has 0 atom stereocenters. The van der Waals surface area contributed by atoms with Crippen molar-refractivity contribution < 1.29 is 18.4 Å². The van der Waals surface area contributed by atoms with E-state index in [1.807, 2.05) is 0 Å². The lowest BCUT2D eigenvalue weighted by Gasteiger charge is -2.21. The second kappa shape index (κ2) is 8.92. The van der Waals surface area contributed by atoms with Gasteiger partial charge in [0, 0.05) is 32.1 Å². The SMILES string of the molecule is CC(=O)N(CCC(=O)NCCc1ccc(F)cc1)c1ccc(F)cc1. The summed E-state index contributed by atoms with van der Waals surface area (Å²) in [6.45, 7) is 2.04. The number of carbonyl (C=O) groups excluding carboxylic acids is 2. The summed E-state index contributed by atoms with van der Waals surface area (Å²) in [4.78, 5) is 25.1. The molecule has 0 heterocycles.